The van der Waals surface area contributed by atoms with Crippen LogP contribution in [0.15, 0.2) is 53.7 Å². The van der Waals surface area contributed by atoms with Gasteiger partial charge in [-0.25, -0.2) is 9.78 Å². The molecule has 2 aromatic heterocycles. The molecule has 2 fully saturated rings. The molecule has 0 radical (unpaired) electrons. The van der Waals surface area contributed by atoms with Gasteiger partial charge in [-0.2, -0.15) is 0 Å². The molecule has 1 aliphatic carbocycles. The van der Waals surface area contributed by atoms with Gasteiger partial charge in [0.05, 0.1) is 12.0 Å². The van der Waals surface area contributed by atoms with Crippen LogP contribution in [0.5, 0.6) is 0 Å². The third-order valence-corrected chi connectivity index (χ3v) is 9.92. The lowest BCUT2D eigenvalue weighted by Crippen LogP contribution is -2.57. The smallest absolute Gasteiger partial charge is 0.410 e. The molecule has 0 spiro atoms. The van der Waals surface area contributed by atoms with E-state index >= 15 is 0 Å². The van der Waals surface area contributed by atoms with Gasteiger partial charge in [0.25, 0.3) is 0 Å². The van der Waals surface area contributed by atoms with E-state index in [0.29, 0.717) is 32.0 Å². The molecule has 4 atom stereocenters. The lowest BCUT2D eigenvalue weighted by Gasteiger charge is -2.44. The molecule has 2 saturated heterocycles. The molecule has 44 heavy (non-hydrogen) atoms. The Morgan fingerprint density at radius 3 is 2.70 bits per heavy atom. The Morgan fingerprint density at radius 1 is 1.11 bits per heavy atom. The number of amides is 2. The molecule has 10 heteroatoms. The Hall–Kier alpha value is -2.91. The van der Waals surface area contributed by atoms with Gasteiger partial charge in [-0.1, -0.05) is 17.7 Å². The number of piperidine rings is 2. The summed E-state index contributed by atoms with van der Waals surface area (Å²) in [6.45, 7) is 8.26. The maximum absolute atomic E-state index is 14.5. The number of hydrogen-bond acceptors (Lipinski definition) is 5. The summed E-state index contributed by atoms with van der Waals surface area (Å²) in [4.78, 5) is 40.9. The lowest BCUT2D eigenvalue weighted by molar-refractivity contribution is -0.141. The summed E-state index contributed by atoms with van der Waals surface area (Å²) >= 11 is 10.1. The molecule has 2 amide bonds. The van der Waals surface area contributed by atoms with Crippen LogP contribution >= 0.6 is 27.5 Å². The van der Waals surface area contributed by atoms with Crippen molar-refractivity contribution in [3.05, 3.63) is 81.1 Å². The molecular formula is C34H41BrClN5O3. The summed E-state index contributed by atoms with van der Waals surface area (Å²) in [5.41, 5.74) is 4.08. The number of imidazole rings is 1. The topological polar surface area (TPSA) is 80.6 Å². The normalized spacial score (nSPS) is 23.8. The third-order valence-electron chi connectivity index (χ3n) is 9.25. The number of ether oxygens (including phenoxy) is 1. The number of nitrogens with zero attached hydrogens (tertiary/aromatic N) is 5. The van der Waals surface area contributed by atoms with E-state index < -0.39 is 17.7 Å². The summed E-state index contributed by atoms with van der Waals surface area (Å²) < 4.78 is 8.89. The van der Waals surface area contributed by atoms with E-state index in [-0.39, 0.29) is 17.7 Å². The van der Waals surface area contributed by atoms with E-state index in [2.05, 4.69) is 43.7 Å². The second kappa shape index (κ2) is 12.8. The molecule has 4 heterocycles. The van der Waals surface area contributed by atoms with Crippen LogP contribution in [0, 0.1) is 11.8 Å². The molecule has 6 rings (SSSR count). The van der Waals surface area contributed by atoms with Crippen LogP contribution in [0.3, 0.4) is 0 Å². The molecular weight excluding hydrogens is 642 g/mol. The average Bonchev–Trinajstić information content (AvgIpc) is 3.44. The fourth-order valence-corrected chi connectivity index (χ4v) is 7.92. The first-order chi connectivity index (χ1) is 21.1. The second-order valence-electron chi connectivity index (χ2n) is 13.5. The number of aryl methyl sites for hydroxylation is 2. The number of pyridine rings is 1. The molecule has 2 aliphatic heterocycles. The zero-order valence-electron chi connectivity index (χ0n) is 25.7. The predicted octanol–water partition coefficient (Wildman–Crippen LogP) is 6.88. The van der Waals surface area contributed by atoms with E-state index in [1.807, 2.05) is 50.5 Å². The third kappa shape index (κ3) is 6.84. The Morgan fingerprint density at radius 2 is 1.93 bits per heavy atom. The average molecular weight is 683 g/mol. The van der Waals surface area contributed by atoms with Crippen molar-refractivity contribution in [3.63, 3.8) is 0 Å². The Bertz CT molecular complexity index is 1450. The monoisotopic (exact) mass is 681 g/mol. The summed E-state index contributed by atoms with van der Waals surface area (Å²) in [5.74, 6) is 0.466. The number of fused-ring (bicyclic) bond motifs is 2. The Labute approximate surface area is 273 Å². The summed E-state index contributed by atoms with van der Waals surface area (Å²) in [6, 6.07) is 7.76. The summed E-state index contributed by atoms with van der Waals surface area (Å²) in [7, 11) is 0. The van der Waals surface area contributed by atoms with E-state index in [9.17, 15) is 9.59 Å². The highest BCUT2D eigenvalue weighted by atomic mass is 79.9. The Balaban J connectivity index is 1.32. The first-order valence-electron chi connectivity index (χ1n) is 15.7. The van der Waals surface area contributed by atoms with Crippen molar-refractivity contribution in [3.8, 4) is 0 Å². The van der Waals surface area contributed by atoms with Gasteiger partial charge < -0.3 is 14.2 Å². The highest BCUT2D eigenvalue weighted by Crippen LogP contribution is 2.45. The summed E-state index contributed by atoms with van der Waals surface area (Å²) in [6.07, 6.45) is 12.1. The maximum Gasteiger partial charge on any atom is 0.410 e. The van der Waals surface area contributed by atoms with E-state index in [4.69, 9.17) is 21.3 Å². The predicted molar refractivity (Wildman–Crippen MR) is 174 cm³/mol. The van der Waals surface area contributed by atoms with Crippen molar-refractivity contribution in [2.75, 3.05) is 19.6 Å². The van der Waals surface area contributed by atoms with Crippen molar-refractivity contribution in [1.29, 1.82) is 0 Å². The second-order valence-corrected chi connectivity index (χ2v) is 14.9. The largest absolute Gasteiger partial charge is 0.444 e. The molecule has 3 aliphatic rings. The SMILES string of the molecule is CC(C)(C)OC(=O)N1CCC(C2c3ccc(Cl)cc3CCc3cc(Br)cnc32)CC1C(=O)N1CCCC(Cn2ccnc2)C1. The molecule has 0 saturated carbocycles. The Kier molecular flexibility index (Phi) is 9.07. The van der Waals surface area contributed by atoms with Crippen LogP contribution in [0.2, 0.25) is 5.02 Å². The van der Waals surface area contributed by atoms with Gasteiger partial charge in [-0.05, 0) is 122 Å². The van der Waals surface area contributed by atoms with Crippen molar-refractivity contribution in [2.24, 2.45) is 11.8 Å². The van der Waals surface area contributed by atoms with Crippen LogP contribution in [-0.2, 0) is 28.9 Å². The van der Waals surface area contributed by atoms with Gasteiger partial charge in [0.15, 0.2) is 0 Å². The number of carbonyl (C=O) groups excluding carboxylic acids is 2. The highest BCUT2D eigenvalue weighted by molar-refractivity contribution is 9.10. The van der Waals surface area contributed by atoms with Crippen molar-refractivity contribution in [1.82, 2.24) is 24.3 Å². The zero-order valence-corrected chi connectivity index (χ0v) is 28.1. The molecule has 0 N–H and O–H groups in total. The zero-order chi connectivity index (χ0) is 31.0. The molecule has 234 valence electrons. The lowest BCUT2D eigenvalue weighted by atomic mass is 9.74. The number of aromatic nitrogens is 3. The minimum Gasteiger partial charge on any atom is -0.444 e. The first kappa shape index (κ1) is 31.1. The van der Waals surface area contributed by atoms with Gasteiger partial charge in [0.1, 0.15) is 11.6 Å². The fraction of sp³-hybridized carbons (Fsp3) is 0.529. The van der Waals surface area contributed by atoms with Gasteiger partial charge in [0, 0.05) is 60.2 Å². The fourth-order valence-electron chi connectivity index (χ4n) is 7.35. The molecule has 3 aromatic rings. The van der Waals surface area contributed by atoms with Crippen molar-refractivity contribution in [2.45, 2.75) is 83.4 Å². The summed E-state index contributed by atoms with van der Waals surface area (Å²) in [5, 5.41) is 0.728. The quantitative estimate of drug-likeness (QED) is 0.300. The molecule has 4 unspecified atom stereocenters. The van der Waals surface area contributed by atoms with Crippen LogP contribution in [0.1, 0.15) is 74.8 Å². The van der Waals surface area contributed by atoms with Crippen LogP contribution in [0.25, 0.3) is 0 Å². The van der Waals surface area contributed by atoms with Crippen molar-refractivity contribution < 1.29 is 14.3 Å². The first-order valence-corrected chi connectivity index (χ1v) is 16.9. The molecule has 8 nitrogen and oxygen atoms in total. The van der Waals surface area contributed by atoms with Gasteiger partial charge >= 0.3 is 6.09 Å². The van der Waals surface area contributed by atoms with Crippen LogP contribution in [0.4, 0.5) is 4.79 Å². The highest BCUT2D eigenvalue weighted by Gasteiger charge is 2.44. The number of rotatable bonds is 4. The van der Waals surface area contributed by atoms with Gasteiger partial charge in [-0.3, -0.25) is 14.7 Å². The van der Waals surface area contributed by atoms with E-state index in [1.165, 1.54) is 16.7 Å². The van der Waals surface area contributed by atoms with Gasteiger partial charge in [-0.15, -0.1) is 0 Å². The molecule has 1 aromatic carbocycles. The minimum absolute atomic E-state index is 0.000650. The maximum atomic E-state index is 14.5. The number of halogens is 2. The number of carbonyl (C=O) groups is 2. The van der Waals surface area contributed by atoms with Crippen LogP contribution in [-0.4, -0.2) is 67.6 Å². The molecule has 0 bridgehead atoms. The standard InChI is InChI=1S/C34H41BrClN5O3/c1-34(2,3)44-33(43)41-13-10-24(17-29(41)32(42)40-12-4-5-22(20-40)19-39-14-11-37-21-39)30-28-9-8-27(36)16-23(28)6-7-25-15-26(35)18-38-31(25)30/h8-9,11,14-16,18,21-22,24,29-30H,4-7,10,12-13,17,19-20H2,1-3H3. The van der Waals surface area contributed by atoms with Crippen LogP contribution < -0.4 is 0 Å². The number of hydrogen-bond donors (Lipinski definition) is 0. The number of benzene rings is 1. The van der Waals surface area contributed by atoms with E-state index in [1.54, 1.807) is 11.1 Å². The van der Waals surface area contributed by atoms with Gasteiger partial charge in [0.2, 0.25) is 5.91 Å². The van der Waals surface area contributed by atoms with E-state index in [0.717, 1.165) is 53.8 Å². The minimum atomic E-state index is -0.654. The van der Waals surface area contributed by atoms with Crippen molar-refractivity contribution >= 4 is 39.5 Å². The number of likely N-dealkylation sites (tertiary alicyclic amines) is 2.